The van der Waals surface area contributed by atoms with E-state index in [9.17, 15) is 4.79 Å². The van der Waals surface area contributed by atoms with E-state index in [1.807, 2.05) is 13.8 Å². The molecule has 4 nitrogen and oxygen atoms in total. The Morgan fingerprint density at radius 1 is 1.30 bits per heavy atom. The van der Waals surface area contributed by atoms with Crippen LogP contribution in [0.5, 0.6) is 0 Å². The highest BCUT2D eigenvalue weighted by Gasteiger charge is 2.21. The molecule has 0 radical (unpaired) electrons. The van der Waals surface area contributed by atoms with Crippen molar-refractivity contribution in [3.8, 4) is 0 Å². The lowest BCUT2D eigenvalue weighted by Crippen LogP contribution is -2.39. The third-order valence-corrected chi connectivity index (χ3v) is 7.15. The molecule has 1 aromatic heterocycles. The summed E-state index contributed by atoms with van der Waals surface area (Å²) in [4.78, 5) is 12.4. The van der Waals surface area contributed by atoms with Gasteiger partial charge in [0.15, 0.2) is 8.68 Å². The predicted molar refractivity (Wildman–Crippen MR) is 100 cm³/mol. The van der Waals surface area contributed by atoms with Gasteiger partial charge in [-0.2, -0.15) is 0 Å². The number of aromatic nitrogens is 2. The Labute approximate surface area is 151 Å². The fraction of sp³-hybridized carbons (Fsp3) is 0.688. The second-order valence-electron chi connectivity index (χ2n) is 6.04. The van der Waals surface area contributed by atoms with Crippen LogP contribution in [0, 0.1) is 0 Å². The molecule has 23 heavy (non-hydrogen) atoms. The maximum atomic E-state index is 12.4. The Bertz CT molecular complexity index is 524. The molecule has 0 spiro atoms. The maximum absolute atomic E-state index is 12.4. The van der Waals surface area contributed by atoms with E-state index < -0.39 is 0 Å². The van der Waals surface area contributed by atoms with Gasteiger partial charge in [-0.15, -0.1) is 10.2 Å². The van der Waals surface area contributed by atoms with Gasteiger partial charge in [0.05, 0.1) is 5.25 Å². The molecule has 1 amide bonds. The minimum absolute atomic E-state index is 0.119. The topological polar surface area (TPSA) is 54.9 Å². The Morgan fingerprint density at radius 3 is 2.61 bits per heavy atom. The van der Waals surface area contributed by atoms with E-state index in [1.165, 1.54) is 37.4 Å². The van der Waals surface area contributed by atoms with Crippen molar-refractivity contribution in [2.24, 2.45) is 0 Å². The molecule has 0 bridgehead atoms. The number of carbonyl (C=O) groups excluding carboxylic acids is 1. The number of hydrogen-bond acceptors (Lipinski definition) is 6. The van der Waals surface area contributed by atoms with Crippen LogP contribution in [0.2, 0.25) is 0 Å². The summed E-state index contributed by atoms with van der Waals surface area (Å²) >= 11 is 4.70. The number of hydrogen-bond donors (Lipinski definition) is 1. The number of rotatable bonds is 7. The summed E-state index contributed by atoms with van der Waals surface area (Å²) in [7, 11) is 0. The quantitative estimate of drug-likeness (QED) is 0.434. The van der Waals surface area contributed by atoms with Crippen molar-refractivity contribution in [1.29, 1.82) is 0 Å². The van der Waals surface area contributed by atoms with Gasteiger partial charge >= 0.3 is 0 Å². The molecule has 1 fully saturated rings. The first-order chi connectivity index (χ1) is 11.0. The van der Waals surface area contributed by atoms with Crippen LogP contribution in [0.25, 0.3) is 0 Å². The van der Waals surface area contributed by atoms with Gasteiger partial charge in [-0.1, -0.05) is 72.7 Å². The average molecular weight is 372 g/mol. The molecule has 1 aliphatic rings. The second kappa shape index (κ2) is 9.69. The zero-order chi connectivity index (χ0) is 16.7. The van der Waals surface area contributed by atoms with Crippen molar-refractivity contribution >= 4 is 40.8 Å². The molecule has 0 saturated heterocycles. The Kier molecular flexibility index (Phi) is 7.92. The van der Waals surface area contributed by atoms with Crippen LogP contribution in [-0.2, 0) is 4.79 Å². The Morgan fingerprint density at radius 2 is 1.96 bits per heavy atom. The van der Waals surface area contributed by atoms with Crippen molar-refractivity contribution in [3.05, 3.63) is 12.2 Å². The van der Waals surface area contributed by atoms with E-state index in [2.05, 4.69) is 22.1 Å². The lowest BCUT2D eigenvalue weighted by molar-refractivity contribution is -0.121. The van der Waals surface area contributed by atoms with Gasteiger partial charge in [-0.25, -0.2) is 0 Å². The Hall–Kier alpha value is -0.530. The van der Waals surface area contributed by atoms with E-state index in [-0.39, 0.29) is 11.2 Å². The van der Waals surface area contributed by atoms with E-state index in [0.29, 0.717) is 6.04 Å². The molecule has 1 atom stereocenters. The minimum Gasteiger partial charge on any atom is -0.352 e. The van der Waals surface area contributed by atoms with E-state index in [1.54, 1.807) is 23.1 Å². The van der Waals surface area contributed by atoms with Crippen LogP contribution in [0.1, 0.15) is 52.4 Å². The second-order valence-corrected chi connectivity index (χ2v) is 9.82. The zero-order valence-electron chi connectivity index (χ0n) is 13.8. The number of nitrogens with zero attached hydrogens (tertiary/aromatic N) is 2. The SMILES string of the molecule is C=C(C)CSc1nnc(S[C@H](C)C(=O)NC2CCCCCC2)s1. The van der Waals surface area contributed by atoms with Gasteiger partial charge in [0.1, 0.15) is 0 Å². The fourth-order valence-corrected chi connectivity index (χ4v) is 5.45. The predicted octanol–water partition coefficient (Wildman–Crippen LogP) is 4.53. The normalized spacial score (nSPS) is 17.5. The highest BCUT2D eigenvalue weighted by Crippen LogP contribution is 2.32. The summed E-state index contributed by atoms with van der Waals surface area (Å²) in [5.74, 6) is 0.977. The third-order valence-electron chi connectivity index (χ3n) is 3.68. The third kappa shape index (κ3) is 6.85. The lowest BCUT2D eigenvalue weighted by atomic mass is 10.1. The first-order valence-electron chi connectivity index (χ1n) is 8.12. The molecule has 1 N–H and O–H groups in total. The molecule has 0 aliphatic heterocycles. The molecule has 7 heteroatoms. The van der Waals surface area contributed by atoms with Gasteiger partial charge in [-0.05, 0) is 26.7 Å². The van der Waals surface area contributed by atoms with E-state index in [4.69, 9.17) is 0 Å². The van der Waals surface area contributed by atoms with Gasteiger partial charge in [-0.3, -0.25) is 4.79 Å². The van der Waals surface area contributed by atoms with Crippen LogP contribution >= 0.6 is 34.9 Å². The molecule has 1 saturated carbocycles. The van der Waals surface area contributed by atoms with Crippen molar-refractivity contribution in [2.75, 3.05) is 5.75 Å². The molecule has 2 rings (SSSR count). The standard InChI is InChI=1S/C16H25N3OS3/c1-11(2)10-21-15-18-19-16(23-15)22-12(3)14(20)17-13-8-6-4-5-7-9-13/h12-13H,1,4-10H2,2-3H3,(H,17,20)/t12-/m1/s1. The van der Waals surface area contributed by atoms with Gasteiger partial charge in [0.2, 0.25) is 5.91 Å². The van der Waals surface area contributed by atoms with Crippen molar-refractivity contribution in [3.63, 3.8) is 0 Å². The maximum Gasteiger partial charge on any atom is 0.233 e. The molecule has 1 aliphatic carbocycles. The van der Waals surface area contributed by atoms with Crippen LogP contribution in [-0.4, -0.2) is 33.1 Å². The smallest absolute Gasteiger partial charge is 0.233 e. The first-order valence-corrected chi connectivity index (χ1v) is 10.8. The summed E-state index contributed by atoms with van der Waals surface area (Å²) < 4.78 is 1.80. The van der Waals surface area contributed by atoms with Crippen LogP contribution in [0.4, 0.5) is 0 Å². The summed E-state index contributed by atoms with van der Waals surface area (Å²) in [6, 6.07) is 0.351. The van der Waals surface area contributed by atoms with E-state index >= 15 is 0 Å². The average Bonchev–Trinajstić information content (AvgIpc) is 2.79. The number of amides is 1. The van der Waals surface area contributed by atoms with Gasteiger partial charge in [0.25, 0.3) is 0 Å². The summed E-state index contributed by atoms with van der Waals surface area (Å²) in [5, 5.41) is 11.4. The molecular formula is C16H25N3OS3. The van der Waals surface area contributed by atoms with Crippen molar-refractivity contribution in [2.45, 2.75) is 72.3 Å². The highest BCUT2D eigenvalue weighted by atomic mass is 32.2. The molecule has 1 heterocycles. The number of carbonyl (C=O) groups is 1. The van der Waals surface area contributed by atoms with Gasteiger partial charge in [0, 0.05) is 11.8 Å². The lowest BCUT2D eigenvalue weighted by Gasteiger charge is -2.18. The van der Waals surface area contributed by atoms with Crippen LogP contribution < -0.4 is 5.32 Å². The number of thioether (sulfide) groups is 2. The molecule has 1 aromatic rings. The van der Waals surface area contributed by atoms with E-state index in [0.717, 1.165) is 32.8 Å². The zero-order valence-corrected chi connectivity index (χ0v) is 16.3. The van der Waals surface area contributed by atoms with Gasteiger partial charge < -0.3 is 5.32 Å². The molecular weight excluding hydrogens is 346 g/mol. The van der Waals surface area contributed by atoms with Crippen molar-refractivity contribution < 1.29 is 4.79 Å². The Balaban J connectivity index is 1.79. The minimum atomic E-state index is -0.134. The summed E-state index contributed by atoms with van der Waals surface area (Å²) in [6.07, 6.45) is 7.28. The summed E-state index contributed by atoms with van der Waals surface area (Å²) in [6.45, 7) is 7.83. The molecule has 0 aromatic carbocycles. The number of nitrogens with one attached hydrogen (secondary N) is 1. The van der Waals surface area contributed by atoms with Crippen LogP contribution in [0.3, 0.4) is 0 Å². The summed E-state index contributed by atoms with van der Waals surface area (Å²) in [5.41, 5.74) is 1.12. The molecule has 128 valence electrons. The van der Waals surface area contributed by atoms with Crippen molar-refractivity contribution in [1.82, 2.24) is 15.5 Å². The molecule has 0 unspecified atom stereocenters. The first kappa shape index (κ1) is 18.8. The highest BCUT2D eigenvalue weighted by molar-refractivity contribution is 8.04. The van der Waals surface area contributed by atoms with Crippen LogP contribution in [0.15, 0.2) is 20.8 Å². The monoisotopic (exact) mass is 371 g/mol. The fourth-order valence-electron chi connectivity index (χ4n) is 2.44. The largest absolute Gasteiger partial charge is 0.352 e.